The summed E-state index contributed by atoms with van der Waals surface area (Å²) in [6.07, 6.45) is 5.89. The van der Waals surface area contributed by atoms with Crippen LogP contribution in [0, 0.1) is 21.7 Å². The zero-order valence-electron chi connectivity index (χ0n) is 13.1. The van der Waals surface area contributed by atoms with E-state index in [0.717, 1.165) is 12.8 Å². The SMILES string of the molecule is C=CC1(CC(=O)OCC)CC2(C)CC(C)(C)C2(C)C1. The van der Waals surface area contributed by atoms with Gasteiger partial charge in [-0.25, -0.2) is 0 Å². The van der Waals surface area contributed by atoms with Gasteiger partial charge in [-0.05, 0) is 47.8 Å². The third-order valence-corrected chi connectivity index (χ3v) is 6.34. The highest BCUT2D eigenvalue weighted by Gasteiger charge is 2.71. The maximum absolute atomic E-state index is 11.9. The van der Waals surface area contributed by atoms with Gasteiger partial charge in [0.25, 0.3) is 0 Å². The van der Waals surface area contributed by atoms with Gasteiger partial charge >= 0.3 is 5.97 Å². The summed E-state index contributed by atoms with van der Waals surface area (Å²) in [5, 5.41) is 0. The van der Waals surface area contributed by atoms with E-state index in [1.165, 1.54) is 6.42 Å². The van der Waals surface area contributed by atoms with Gasteiger partial charge in [0.15, 0.2) is 0 Å². The van der Waals surface area contributed by atoms with Crippen molar-refractivity contribution in [3.8, 4) is 0 Å². The van der Waals surface area contributed by atoms with Gasteiger partial charge < -0.3 is 4.74 Å². The van der Waals surface area contributed by atoms with Crippen LogP contribution >= 0.6 is 0 Å². The lowest BCUT2D eigenvalue weighted by atomic mass is 9.40. The lowest BCUT2D eigenvalue weighted by Crippen LogP contribution is -2.57. The average Bonchev–Trinajstić information content (AvgIpc) is 2.45. The van der Waals surface area contributed by atoms with Crippen LogP contribution < -0.4 is 0 Å². The molecular weight excluding hydrogens is 236 g/mol. The first-order valence-electron chi connectivity index (χ1n) is 7.43. The van der Waals surface area contributed by atoms with E-state index in [1.54, 1.807) is 0 Å². The molecule has 2 aliphatic carbocycles. The highest BCUT2D eigenvalue weighted by molar-refractivity contribution is 5.71. The molecule has 0 aliphatic heterocycles. The molecular formula is C17H28O2. The number of carbonyl (C=O) groups is 1. The van der Waals surface area contributed by atoms with Gasteiger partial charge in [0.1, 0.15) is 0 Å². The molecule has 0 N–H and O–H groups in total. The molecule has 0 aromatic heterocycles. The molecule has 108 valence electrons. The minimum Gasteiger partial charge on any atom is -0.466 e. The maximum Gasteiger partial charge on any atom is 0.306 e. The van der Waals surface area contributed by atoms with Crippen LogP contribution in [0.25, 0.3) is 0 Å². The number of carbonyl (C=O) groups excluding carboxylic acids is 1. The largest absolute Gasteiger partial charge is 0.466 e. The fourth-order valence-electron chi connectivity index (χ4n) is 5.17. The highest BCUT2D eigenvalue weighted by atomic mass is 16.5. The fraction of sp³-hybridized carbons (Fsp3) is 0.824. The van der Waals surface area contributed by atoms with Crippen molar-refractivity contribution < 1.29 is 9.53 Å². The van der Waals surface area contributed by atoms with Crippen molar-refractivity contribution >= 4 is 5.97 Å². The Kier molecular flexibility index (Phi) is 3.15. The summed E-state index contributed by atoms with van der Waals surface area (Å²) >= 11 is 0. The molecule has 0 radical (unpaired) electrons. The van der Waals surface area contributed by atoms with Crippen molar-refractivity contribution in [2.45, 2.75) is 60.3 Å². The summed E-state index contributed by atoms with van der Waals surface area (Å²) in [5.41, 5.74) is 0.947. The summed E-state index contributed by atoms with van der Waals surface area (Å²) in [6.45, 7) is 15.9. The van der Waals surface area contributed by atoms with Crippen molar-refractivity contribution in [2.24, 2.45) is 21.7 Å². The number of esters is 1. The number of fused-ring (bicyclic) bond motifs is 1. The number of hydrogen-bond acceptors (Lipinski definition) is 2. The lowest BCUT2D eigenvalue weighted by molar-refractivity contribution is -0.156. The molecule has 2 aliphatic rings. The number of ether oxygens (including phenoxy) is 1. The molecule has 0 aromatic carbocycles. The lowest BCUT2D eigenvalue weighted by Gasteiger charge is -2.64. The summed E-state index contributed by atoms with van der Waals surface area (Å²) in [7, 11) is 0. The van der Waals surface area contributed by atoms with Crippen LogP contribution in [0.4, 0.5) is 0 Å². The van der Waals surface area contributed by atoms with Crippen LogP contribution in [0.2, 0.25) is 0 Å². The van der Waals surface area contributed by atoms with Crippen LogP contribution in [0.15, 0.2) is 12.7 Å². The van der Waals surface area contributed by atoms with Gasteiger partial charge in [-0.3, -0.25) is 4.79 Å². The summed E-state index contributed by atoms with van der Waals surface area (Å²) in [6, 6.07) is 0. The summed E-state index contributed by atoms with van der Waals surface area (Å²) in [5.74, 6) is -0.0753. The first-order chi connectivity index (χ1) is 8.64. The molecule has 2 fully saturated rings. The van der Waals surface area contributed by atoms with E-state index in [0.29, 0.717) is 29.3 Å². The molecule has 0 aromatic rings. The second kappa shape index (κ2) is 4.10. The molecule has 0 amide bonds. The van der Waals surface area contributed by atoms with Crippen LogP contribution in [0.5, 0.6) is 0 Å². The van der Waals surface area contributed by atoms with E-state index >= 15 is 0 Å². The highest BCUT2D eigenvalue weighted by Crippen LogP contribution is 2.79. The van der Waals surface area contributed by atoms with E-state index in [1.807, 2.05) is 13.0 Å². The molecule has 2 nitrogen and oxygen atoms in total. The Bertz CT molecular complexity index is 411. The molecule has 2 saturated carbocycles. The third-order valence-electron chi connectivity index (χ3n) is 6.34. The second-order valence-electron chi connectivity index (χ2n) is 7.86. The first-order valence-corrected chi connectivity index (χ1v) is 7.43. The summed E-state index contributed by atoms with van der Waals surface area (Å²) < 4.78 is 5.15. The Balaban J connectivity index is 2.22. The van der Waals surface area contributed by atoms with Gasteiger partial charge in [-0.2, -0.15) is 0 Å². The Hall–Kier alpha value is -0.790. The van der Waals surface area contributed by atoms with E-state index in [-0.39, 0.29) is 11.4 Å². The van der Waals surface area contributed by atoms with Gasteiger partial charge in [0.2, 0.25) is 0 Å². The van der Waals surface area contributed by atoms with E-state index < -0.39 is 0 Å². The Morgan fingerprint density at radius 3 is 2.26 bits per heavy atom. The molecule has 0 heterocycles. The number of rotatable bonds is 4. The molecule has 2 rings (SSSR count). The molecule has 0 bridgehead atoms. The third kappa shape index (κ3) is 1.86. The van der Waals surface area contributed by atoms with Crippen molar-refractivity contribution in [1.82, 2.24) is 0 Å². The van der Waals surface area contributed by atoms with E-state index in [4.69, 9.17) is 4.74 Å². The van der Waals surface area contributed by atoms with Crippen molar-refractivity contribution in [1.29, 1.82) is 0 Å². The zero-order valence-corrected chi connectivity index (χ0v) is 13.1. The summed E-state index contributed by atoms with van der Waals surface area (Å²) in [4.78, 5) is 11.9. The molecule has 0 saturated heterocycles. The minimum atomic E-state index is -0.0753. The van der Waals surface area contributed by atoms with Crippen molar-refractivity contribution in [3.63, 3.8) is 0 Å². The van der Waals surface area contributed by atoms with Gasteiger partial charge in [0.05, 0.1) is 13.0 Å². The molecule has 19 heavy (non-hydrogen) atoms. The van der Waals surface area contributed by atoms with Gasteiger partial charge in [-0.15, -0.1) is 6.58 Å². The normalized spacial score (nSPS) is 43.2. The number of hydrogen-bond donors (Lipinski definition) is 0. The zero-order chi connectivity index (χ0) is 14.5. The Morgan fingerprint density at radius 1 is 1.21 bits per heavy atom. The fourth-order valence-corrected chi connectivity index (χ4v) is 5.17. The quantitative estimate of drug-likeness (QED) is 0.557. The standard InChI is InChI=1S/C17H28O2/c1-7-17(9-13(18)19-8-2)11-15(5)10-14(3,4)16(15,6)12-17/h7H,1,8-12H2,2-6H3. The predicted octanol–water partition coefficient (Wildman–Crippen LogP) is 4.35. The Morgan fingerprint density at radius 2 is 1.84 bits per heavy atom. The first kappa shape index (κ1) is 14.6. The average molecular weight is 264 g/mol. The molecule has 3 atom stereocenters. The van der Waals surface area contributed by atoms with Crippen LogP contribution in [-0.2, 0) is 9.53 Å². The monoisotopic (exact) mass is 264 g/mol. The molecule has 2 heteroatoms. The smallest absolute Gasteiger partial charge is 0.306 e. The Labute approximate surface area is 117 Å². The topological polar surface area (TPSA) is 26.3 Å². The van der Waals surface area contributed by atoms with Gasteiger partial charge in [0, 0.05) is 0 Å². The second-order valence-corrected chi connectivity index (χ2v) is 7.86. The molecule has 3 unspecified atom stereocenters. The van der Waals surface area contributed by atoms with E-state index in [2.05, 4.69) is 34.3 Å². The number of allylic oxidation sites excluding steroid dienone is 1. The van der Waals surface area contributed by atoms with Crippen molar-refractivity contribution in [2.75, 3.05) is 6.61 Å². The van der Waals surface area contributed by atoms with Crippen LogP contribution in [0.1, 0.15) is 60.3 Å². The maximum atomic E-state index is 11.9. The van der Waals surface area contributed by atoms with Crippen LogP contribution in [-0.4, -0.2) is 12.6 Å². The molecule has 0 spiro atoms. The van der Waals surface area contributed by atoms with Gasteiger partial charge in [-0.1, -0.05) is 33.8 Å². The van der Waals surface area contributed by atoms with Crippen LogP contribution in [0.3, 0.4) is 0 Å². The van der Waals surface area contributed by atoms with E-state index in [9.17, 15) is 4.79 Å². The van der Waals surface area contributed by atoms with Crippen molar-refractivity contribution in [3.05, 3.63) is 12.7 Å². The predicted molar refractivity (Wildman–Crippen MR) is 77.7 cm³/mol. The minimum absolute atomic E-state index is 0.0659.